The molecule has 1 fully saturated rings. The van der Waals surface area contributed by atoms with Gasteiger partial charge in [-0.15, -0.1) is 0 Å². The zero-order chi connectivity index (χ0) is 13.0. The lowest BCUT2D eigenvalue weighted by atomic mass is 10.0. The van der Waals surface area contributed by atoms with Crippen molar-refractivity contribution in [3.8, 4) is 0 Å². The standard InChI is InChI=1S/C14H20ClNO2/c1-16(8-11-3-2-6-18-10-11)14-7-13(15)5-4-12(14)9-17/h4-5,7,11,17H,2-3,6,8-10H2,1H3. The average molecular weight is 270 g/mol. The average Bonchev–Trinajstić information content (AvgIpc) is 2.40. The molecule has 0 aliphatic carbocycles. The number of hydrogen-bond acceptors (Lipinski definition) is 3. The Kier molecular flexibility index (Phi) is 4.87. The Morgan fingerprint density at radius 3 is 3.00 bits per heavy atom. The zero-order valence-corrected chi connectivity index (χ0v) is 11.5. The highest BCUT2D eigenvalue weighted by molar-refractivity contribution is 6.30. The van der Waals surface area contributed by atoms with Crippen molar-refractivity contribution in [3.05, 3.63) is 28.8 Å². The van der Waals surface area contributed by atoms with Gasteiger partial charge in [0.15, 0.2) is 0 Å². The Balaban J connectivity index is 2.07. The number of hydrogen-bond donors (Lipinski definition) is 1. The molecule has 18 heavy (non-hydrogen) atoms. The van der Waals surface area contributed by atoms with E-state index in [1.54, 1.807) is 0 Å². The van der Waals surface area contributed by atoms with Crippen LogP contribution in [0.4, 0.5) is 5.69 Å². The second kappa shape index (κ2) is 6.41. The van der Waals surface area contributed by atoms with E-state index in [2.05, 4.69) is 4.90 Å². The van der Waals surface area contributed by atoms with Crippen LogP contribution in [0.15, 0.2) is 18.2 Å². The summed E-state index contributed by atoms with van der Waals surface area (Å²) in [5.74, 6) is 0.564. The van der Waals surface area contributed by atoms with E-state index in [1.807, 2.05) is 25.2 Å². The third kappa shape index (κ3) is 3.37. The second-order valence-corrected chi connectivity index (χ2v) is 5.33. The van der Waals surface area contributed by atoms with E-state index in [1.165, 1.54) is 6.42 Å². The van der Waals surface area contributed by atoms with Gasteiger partial charge >= 0.3 is 0 Å². The van der Waals surface area contributed by atoms with Crippen molar-refractivity contribution in [1.82, 2.24) is 0 Å². The highest BCUT2D eigenvalue weighted by Crippen LogP contribution is 2.26. The first-order valence-corrected chi connectivity index (χ1v) is 6.76. The SMILES string of the molecule is CN(CC1CCCOC1)c1cc(Cl)ccc1CO. The summed E-state index contributed by atoms with van der Waals surface area (Å²) in [6.07, 6.45) is 2.35. The van der Waals surface area contributed by atoms with Crippen LogP contribution in [-0.4, -0.2) is 31.9 Å². The second-order valence-electron chi connectivity index (χ2n) is 4.89. The molecule has 1 aromatic rings. The molecule has 1 atom stereocenters. The predicted octanol–water partition coefficient (Wildman–Crippen LogP) is 2.70. The maximum atomic E-state index is 9.37. The molecule has 0 saturated carbocycles. The number of anilines is 1. The highest BCUT2D eigenvalue weighted by Gasteiger charge is 2.17. The number of nitrogens with zero attached hydrogens (tertiary/aromatic N) is 1. The lowest BCUT2D eigenvalue weighted by Gasteiger charge is -2.29. The number of aliphatic hydroxyl groups is 1. The quantitative estimate of drug-likeness (QED) is 0.912. The summed E-state index contributed by atoms with van der Waals surface area (Å²) >= 11 is 6.03. The van der Waals surface area contributed by atoms with Crippen LogP contribution < -0.4 is 4.90 Å². The molecule has 100 valence electrons. The molecule has 1 aliphatic heterocycles. The first-order valence-electron chi connectivity index (χ1n) is 6.39. The minimum absolute atomic E-state index is 0.0397. The third-order valence-electron chi connectivity index (χ3n) is 3.42. The monoisotopic (exact) mass is 269 g/mol. The van der Waals surface area contributed by atoms with E-state index in [-0.39, 0.29) is 6.61 Å². The van der Waals surface area contributed by atoms with Gasteiger partial charge in [-0.05, 0) is 30.9 Å². The van der Waals surface area contributed by atoms with Crippen molar-refractivity contribution in [2.24, 2.45) is 5.92 Å². The van der Waals surface area contributed by atoms with Gasteiger partial charge in [-0.1, -0.05) is 17.7 Å². The largest absolute Gasteiger partial charge is 0.392 e. The maximum absolute atomic E-state index is 9.37. The number of ether oxygens (including phenoxy) is 1. The number of benzene rings is 1. The lowest BCUT2D eigenvalue weighted by molar-refractivity contribution is 0.0576. The molecule has 0 aromatic heterocycles. The van der Waals surface area contributed by atoms with Gasteiger partial charge in [-0.25, -0.2) is 0 Å². The van der Waals surface area contributed by atoms with E-state index < -0.39 is 0 Å². The minimum atomic E-state index is 0.0397. The summed E-state index contributed by atoms with van der Waals surface area (Å²) in [7, 11) is 2.04. The molecular weight excluding hydrogens is 250 g/mol. The van der Waals surface area contributed by atoms with Gasteiger partial charge < -0.3 is 14.7 Å². The fourth-order valence-electron chi connectivity index (χ4n) is 2.46. The number of rotatable bonds is 4. The van der Waals surface area contributed by atoms with Crippen molar-refractivity contribution in [1.29, 1.82) is 0 Å². The molecule has 0 amide bonds. The first kappa shape index (κ1) is 13.7. The molecule has 1 aliphatic rings. The van der Waals surface area contributed by atoms with Gasteiger partial charge in [-0.2, -0.15) is 0 Å². The van der Waals surface area contributed by atoms with E-state index in [4.69, 9.17) is 16.3 Å². The predicted molar refractivity (Wildman–Crippen MR) is 74.2 cm³/mol. The van der Waals surface area contributed by atoms with Crippen LogP contribution in [0.5, 0.6) is 0 Å². The summed E-state index contributed by atoms with van der Waals surface area (Å²) < 4.78 is 5.50. The molecule has 1 unspecified atom stereocenters. The van der Waals surface area contributed by atoms with E-state index in [9.17, 15) is 5.11 Å². The first-order chi connectivity index (χ1) is 8.70. The topological polar surface area (TPSA) is 32.7 Å². The summed E-state index contributed by atoms with van der Waals surface area (Å²) in [6.45, 7) is 2.70. The summed E-state index contributed by atoms with van der Waals surface area (Å²) in [5.41, 5.74) is 1.93. The van der Waals surface area contributed by atoms with Crippen molar-refractivity contribution >= 4 is 17.3 Å². The van der Waals surface area contributed by atoms with Crippen molar-refractivity contribution in [3.63, 3.8) is 0 Å². The Morgan fingerprint density at radius 1 is 1.50 bits per heavy atom. The van der Waals surface area contributed by atoms with Crippen molar-refractivity contribution in [2.75, 3.05) is 31.7 Å². The van der Waals surface area contributed by atoms with Gasteiger partial charge in [-0.3, -0.25) is 0 Å². The van der Waals surface area contributed by atoms with Crippen LogP contribution in [0.2, 0.25) is 5.02 Å². The molecule has 1 heterocycles. The van der Waals surface area contributed by atoms with E-state index in [0.717, 1.165) is 37.4 Å². The Hall–Kier alpha value is -0.770. The van der Waals surface area contributed by atoms with E-state index >= 15 is 0 Å². The molecule has 3 nitrogen and oxygen atoms in total. The van der Waals surface area contributed by atoms with Crippen LogP contribution in [-0.2, 0) is 11.3 Å². The highest BCUT2D eigenvalue weighted by atomic mass is 35.5. The van der Waals surface area contributed by atoms with Crippen molar-refractivity contribution in [2.45, 2.75) is 19.4 Å². The van der Waals surface area contributed by atoms with Crippen molar-refractivity contribution < 1.29 is 9.84 Å². The van der Waals surface area contributed by atoms with Crippen LogP contribution in [0.1, 0.15) is 18.4 Å². The van der Waals surface area contributed by atoms with Gasteiger partial charge in [0, 0.05) is 36.5 Å². The number of halogens is 1. The van der Waals surface area contributed by atoms with Gasteiger partial charge in [0.2, 0.25) is 0 Å². The minimum Gasteiger partial charge on any atom is -0.392 e. The van der Waals surface area contributed by atoms with Gasteiger partial charge in [0.25, 0.3) is 0 Å². The Morgan fingerprint density at radius 2 is 2.33 bits per heavy atom. The van der Waals surface area contributed by atoms with Gasteiger partial charge in [0.05, 0.1) is 13.2 Å². The third-order valence-corrected chi connectivity index (χ3v) is 3.65. The van der Waals surface area contributed by atoms with Crippen LogP contribution in [0.25, 0.3) is 0 Å². The maximum Gasteiger partial charge on any atom is 0.0702 e. The molecule has 1 N–H and O–H groups in total. The molecule has 1 saturated heterocycles. The lowest BCUT2D eigenvalue weighted by Crippen LogP contribution is -2.31. The van der Waals surface area contributed by atoms with Gasteiger partial charge in [0.1, 0.15) is 0 Å². The summed E-state index contributed by atoms with van der Waals surface area (Å²) in [6, 6.07) is 5.61. The van der Waals surface area contributed by atoms with Crippen LogP contribution in [0, 0.1) is 5.92 Å². The molecule has 0 bridgehead atoms. The Bertz CT molecular complexity index is 391. The molecule has 1 aromatic carbocycles. The smallest absolute Gasteiger partial charge is 0.0702 e. The Labute approximate surface area is 113 Å². The fourth-order valence-corrected chi connectivity index (χ4v) is 2.63. The number of aliphatic hydroxyl groups excluding tert-OH is 1. The van der Waals surface area contributed by atoms with Crippen LogP contribution in [0.3, 0.4) is 0 Å². The molecule has 0 spiro atoms. The zero-order valence-electron chi connectivity index (χ0n) is 10.7. The normalized spacial score (nSPS) is 19.8. The molecule has 4 heteroatoms. The van der Waals surface area contributed by atoms with Crippen LogP contribution >= 0.6 is 11.6 Å². The van der Waals surface area contributed by atoms with E-state index in [0.29, 0.717) is 10.9 Å². The molecular formula is C14H20ClNO2. The molecule has 0 radical (unpaired) electrons. The fraction of sp³-hybridized carbons (Fsp3) is 0.571. The molecule has 2 rings (SSSR count). The summed E-state index contributed by atoms with van der Waals surface area (Å²) in [4.78, 5) is 2.16. The summed E-state index contributed by atoms with van der Waals surface area (Å²) in [5, 5.41) is 10.1.